The third kappa shape index (κ3) is 5.19. The van der Waals surface area contributed by atoms with E-state index in [-0.39, 0.29) is 5.69 Å². The molecule has 9 heteroatoms. The number of hydrogen-bond donors (Lipinski definition) is 2. The molecule has 1 saturated heterocycles. The first-order chi connectivity index (χ1) is 17.6. The van der Waals surface area contributed by atoms with E-state index in [0.29, 0.717) is 23.1 Å². The van der Waals surface area contributed by atoms with Crippen LogP contribution in [0.2, 0.25) is 0 Å². The standard InChI is InChI=1S/C28H34F3N5O/c1-16(19-11-20(28(29,30)31)13-21(32)12-19)33-27-24-14-25(36-9-7-18(8-10-36)15-37-3)22-5-4-6-23(22)26(24)34-17(2)35-27/h11-14,16,18H,4-10,15,32H2,1-3H3,(H,33,34,35)/t16-/m1/s1. The lowest BCUT2D eigenvalue weighted by Gasteiger charge is -2.35. The molecule has 198 valence electrons. The van der Waals surface area contributed by atoms with Gasteiger partial charge in [0.25, 0.3) is 0 Å². The molecule has 1 atom stereocenters. The molecule has 3 N–H and O–H groups in total. The largest absolute Gasteiger partial charge is 0.416 e. The first-order valence-electron chi connectivity index (χ1n) is 12.9. The summed E-state index contributed by atoms with van der Waals surface area (Å²) in [6, 6.07) is 5.44. The number of nitrogens with zero attached hydrogens (tertiary/aromatic N) is 3. The van der Waals surface area contributed by atoms with E-state index in [1.807, 2.05) is 13.8 Å². The van der Waals surface area contributed by atoms with Crippen LogP contribution in [0.4, 0.5) is 30.4 Å². The number of anilines is 3. The average molecular weight is 514 g/mol. The topological polar surface area (TPSA) is 76.3 Å². The lowest BCUT2D eigenvalue weighted by molar-refractivity contribution is -0.137. The summed E-state index contributed by atoms with van der Waals surface area (Å²) in [4.78, 5) is 12.0. The highest BCUT2D eigenvalue weighted by Gasteiger charge is 2.32. The number of hydrogen-bond acceptors (Lipinski definition) is 6. The second-order valence-electron chi connectivity index (χ2n) is 10.4. The highest BCUT2D eigenvalue weighted by Crippen LogP contribution is 2.41. The minimum Gasteiger partial charge on any atom is -0.399 e. The number of piperidine rings is 1. The summed E-state index contributed by atoms with van der Waals surface area (Å²) in [7, 11) is 1.76. The van der Waals surface area contributed by atoms with Crippen molar-refractivity contribution in [3.8, 4) is 0 Å². The van der Waals surface area contributed by atoms with Crippen LogP contribution in [0.25, 0.3) is 10.9 Å². The molecule has 37 heavy (non-hydrogen) atoms. The van der Waals surface area contributed by atoms with Gasteiger partial charge in [0.05, 0.1) is 17.1 Å². The van der Waals surface area contributed by atoms with Gasteiger partial charge in [-0.25, -0.2) is 9.97 Å². The second-order valence-corrected chi connectivity index (χ2v) is 10.4. The van der Waals surface area contributed by atoms with E-state index < -0.39 is 17.8 Å². The fourth-order valence-corrected chi connectivity index (χ4v) is 5.81. The van der Waals surface area contributed by atoms with E-state index in [2.05, 4.69) is 16.3 Å². The van der Waals surface area contributed by atoms with Crippen molar-refractivity contribution >= 4 is 28.1 Å². The van der Waals surface area contributed by atoms with Crippen molar-refractivity contribution in [2.24, 2.45) is 5.92 Å². The Morgan fingerprint density at radius 3 is 2.54 bits per heavy atom. The van der Waals surface area contributed by atoms with Crippen molar-refractivity contribution in [3.63, 3.8) is 0 Å². The van der Waals surface area contributed by atoms with Gasteiger partial charge in [-0.2, -0.15) is 13.2 Å². The molecular formula is C28H34F3N5O. The van der Waals surface area contributed by atoms with Gasteiger partial charge in [-0.3, -0.25) is 0 Å². The van der Waals surface area contributed by atoms with Gasteiger partial charge >= 0.3 is 6.18 Å². The van der Waals surface area contributed by atoms with Gasteiger partial charge in [0.2, 0.25) is 0 Å². The van der Waals surface area contributed by atoms with Crippen LogP contribution in [0, 0.1) is 12.8 Å². The van der Waals surface area contributed by atoms with Crippen LogP contribution in [0.1, 0.15) is 60.3 Å². The van der Waals surface area contributed by atoms with E-state index in [1.165, 1.54) is 16.8 Å². The molecule has 6 nitrogen and oxygen atoms in total. The molecule has 1 aliphatic heterocycles. The Hall–Kier alpha value is -3.07. The van der Waals surface area contributed by atoms with Gasteiger partial charge in [-0.15, -0.1) is 0 Å². The first-order valence-corrected chi connectivity index (χ1v) is 12.9. The molecule has 0 bridgehead atoms. The van der Waals surface area contributed by atoms with Crippen molar-refractivity contribution < 1.29 is 17.9 Å². The molecule has 0 saturated carbocycles. The Morgan fingerprint density at radius 1 is 1.11 bits per heavy atom. The normalized spacial score (nSPS) is 17.3. The van der Waals surface area contributed by atoms with Gasteiger partial charge < -0.3 is 20.7 Å². The molecule has 0 radical (unpaired) electrons. The summed E-state index contributed by atoms with van der Waals surface area (Å²) in [6.07, 6.45) is 0.801. The minimum atomic E-state index is -4.46. The van der Waals surface area contributed by atoms with Crippen molar-refractivity contribution in [3.05, 3.63) is 52.3 Å². The molecule has 2 aliphatic rings. The van der Waals surface area contributed by atoms with Gasteiger partial charge in [0.1, 0.15) is 11.6 Å². The molecule has 0 unspecified atom stereocenters. The van der Waals surface area contributed by atoms with Gasteiger partial charge in [0.15, 0.2) is 0 Å². The summed E-state index contributed by atoms with van der Waals surface area (Å²) in [6.45, 7) is 6.42. The minimum absolute atomic E-state index is 0.0826. The Kier molecular flexibility index (Phi) is 6.91. The molecular weight excluding hydrogens is 479 g/mol. The Bertz CT molecular complexity index is 1300. The van der Waals surface area contributed by atoms with E-state index in [9.17, 15) is 13.2 Å². The average Bonchev–Trinajstić information content (AvgIpc) is 3.34. The van der Waals surface area contributed by atoms with E-state index >= 15 is 0 Å². The van der Waals surface area contributed by atoms with E-state index in [1.54, 1.807) is 13.2 Å². The molecule has 0 spiro atoms. The third-order valence-corrected chi connectivity index (χ3v) is 7.67. The van der Waals surface area contributed by atoms with E-state index in [0.717, 1.165) is 74.8 Å². The van der Waals surface area contributed by atoms with Crippen LogP contribution in [0.5, 0.6) is 0 Å². The Balaban J connectivity index is 1.53. The molecule has 3 aromatic rings. The zero-order valence-corrected chi connectivity index (χ0v) is 21.6. The zero-order chi connectivity index (χ0) is 26.3. The molecule has 2 aromatic carbocycles. The number of nitrogen functional groups attached to an aromatic ring is 1. The predicted molar refractivity (Wildman–Crippen MR) is 141 cm³/mol. The highest BCUT2D eigenvalue weighted by atomic mass is 19.4. The molecule has 1 fully saturated rings. The number of halogens is 3. The van der Waals surface area contributed by atoms with Crippen LogP contribution in [0.3, 0.4) is 0 Å². The number of benzene rings is 2. The summed E-state index contributed by atoms with van der Waals surface area (Å²) in [5, 5.41) is 4.29. The SMILES string of the molecule is COCC1CCN(c2cc3c(N[C@H](C)c4cc(N)cc(C(F)(F)F)c4)nc(C)nc3c3c2CCC3)CC1. The maximum Gasteiger partial charge on any atom is 0.416 e. The fourth-order valence-electron chi connectivity index (χ4n) is 5.81. The molecule has 2 heterocycles. The van der Waals surface area contributed by atoms with Crippen LogP contribution in [-0.4, -0.2) is 36.8 Å². The fraction of sp³-hybridized carbons (Fsp3) is 0.500. The van der Waals surface area contributed by atoms with Crippen molar-refractivity contribution in [2.45, 2.75) is 58.2 Å². The Morgan fingerprint density at radius 2 is 1.84 bits per heavy atom. The van der Waals surface area contributed by atoms with E-state index in [4.69, 9.17) is 20.4 Å². The predicted octanol–water partition coefficient (Wildman–Crippen LogP) is 6.06. The quantitative estimate of drug-likeness (QED) is 0.390. The lowest BCUT2D eigenvalue weighted by Crippen LogP contribution is -2.35. The third-order valence-electron chi connectivity index (χ3n) is 7.67. The monoisotopic (exact) mass is 513 g/mol. The highest BCUT2D eigenvalue weighted by molar-refractivity contribution is 5.96. The number of methoxy groups -OCH3 is 1. The van der Waals surface area contributed by atoms with Crippen LogP contribution in [0.15, 0.2) is 24.3 Å². The Labute approximate surface area is 215 Å². The first kappa shape index (κ1) is 25.6. The van der Waals surface area contributed by atoms with Gasteiger partial charge in [-0.1, -0.05) is 0 Å². The summed E-state index contributed by atoms with van der Waals surface area (Å²) < 4.78 is 45.6. The molecule has 5 rings (SSSR count). The van der Waals surface area contributed by atoms with Crippen LogP contribution in [-0.2, 0) is 23.8 Å². The lowest BCUT2D eigenvalue weighted by atomic mass is 9.95. The second kappa shape index (κ2) is 10.0. The number of aromatic nitrogens is 2. The smallest absolute Gasteiger partial charge is 0.399 e. The number of ether oxygens (including phenoxy) is 1. The van der Waals surface area contributed by atoms with Gasteiger partial charge in [-0.05, 0) is 92.8 Å². The maximum absolute atomic E-state index is 13.4. The number of nitrogens with two attached hydrogens (primary N) is 1. The summed E-state index contributed by atoms with van der Waals surface area (Å²) >= 11 is 0. The molecule has 0 amide bonds. The maximum atomic E-state index is 13.4. The number of fused-ring (bicyclic) bond motifs is 3. The summed E-state index contributed by atoms with van der Waals surface area (Å²) in [5.74, 6) is 1.85. The number of nitrogens with one attached hydrogen (secondary N) is 1. The number of alkyl halides is 3. The zero-order valence-electron chi connectivity index (χ0n) is 21.6. The molecule has 1 aliphatic carbocycles. The number of rotatable bonds is 6. The molecule has 1 aromatic heterocycles. The van der Waals surface area contributed by atoms with Crippen LogP contribution < -0.4 is 16.0 Å². The van der Waals surface area contributed by atoms with Gasteiger partial charge in [0, 0.05) is 43.6 Å². The van der Waals surface area contributed by atoms with Crippen molar-refractivity contribution in [2.75, 3.05) is 42.8 Å². The van der Waals surface area contributed by atoms with Crippen molar-refractivity contribution in [1.29, 1.82) is 0 Å². The van der Waals surface area contributed by atoms with Crippen LogP contribution >= 0.6 is 0 Å². The number of aryl methyl sites for hydroxylation is 2. The summed E-state index contributed by atoms with van der Waals surface area (Å²) in [5.41, 5.74) is 10.4. The van der Waals surface area contributed by atoms with Crippen molar-refractivity contribution in [1.82, 2.24) is 9.97 Å².